The third-order valence-corrected chi connectivity index (χ3v) is 15.4. The summed E-state index contributed by atoms with van der Waals surface area (Å²) in [5.74, 6) is 0.568. The van der Waals surface area contributed by atoms with Gasteiger partial charge in [0.2, 0.25) is 0 Å². The third kappa shape index (κ3) is 8.87. The summed E-state index contributed by atoms with van der Waals surface area (Å²) >= 11 is 0. The lowest BCUT2D eigenvalue weighted by atomic mass is 9.83. The number of hydrogen-bond acceptors (Lipinski definition) is 2. The van der Waals surface area contributed by atoms with E-state index in [4.69, 9.17) is 0 Å². The molecule has 1 aliphatic rings. The summed E-state index contributed by atoms with van der Waals surface area (Å²) in [6.07, 6.45) is 6.42. The highest BCUT2D eigenvalue weighted by molar-refractivity contribution is 6.10. The van der Waals surface area contributed by atoms with Gasteiger partial charge in [0.25, 0.3) is 0 Å². The largest absolute Gasteiger partial charge is 0.310 e. The molecule has 11 aromatic carbocycles. The van der Waals surface area contributed by atoms with Crippen LogP contribution in [-0.4, -0.2) is 4.57 Å². The van der Waals surface area contributed by atoms with Gasteiger partial charge >= 0.3 is 0 Å². The van der Waals surface area contributed by atoms with E-state index in [0.29, 0.717) is 5.92 Å². The van der Waals surface area contributed by atoms with Crippen LogP contribution < -0.4 is 9.80 Å². The molecule has 1 aromatic heterocycles. The fourth-order valence-electron chi connectivity index (χ4n) is 11.8. The molecule has 0 unspecified atom stereocenters. The van der Waals surface area contributed by atoms with Gasteiger partial charge in [0, 0.05) is 50.6 Å². The number of hydrogen-bond donors (Lipinski definition) is 0. The first-order valence-corrected chi connectivity index (χ1v) is 26.6. The topological polar surface area (TPSA) is 11.4 Å². The van der Waals surface area contributed by atoms with Crippen LogP contribution >= 0.6 is 0 Å². The van der Waals surface area contributed by atoms with E-state index in [9.17, 15) is 0 Å². The van der Waals surface area contributed by atoms with Gasteiger partial charge in [0.05, 0.1) is 11.0 Å². The maximum Gasteiger partial charge on any atom is 0.0561 e. The summed E-state index contributed by atoms with van der Waals surface area (Å²) in [6, 6.07) is 102. The number of para-hydroxylation sites is 5. The molecule has 12 aromatic rings. The van der Waals surface area contributed by atoms with E-state index >= 15 is 0 Å². The molecule has 1 heterocycles. The molecule has 13 rings (SSSR count). The lowest BCUT2D eigenvalue weighted by molar-refractivity contribution is 0.444. The predicted octanol–water partition coefficient (Wildman–Crippen LogP) is 20.4. The molecule has 0 radical (unpaired) electrons. The van der Waals surface area contributed by atoms with Gasteiger partial charge in [-0.1, -0.05) is 201 Å². The van der Waals surface area contributed by atoms with Gasteiger partial charge < -0.3 is 14.4 Å². The number of anilines is 6. The summed E-state index contributed by atoms with van der Waals surface area (Å²) in [4.78, 5) is 4.85. The minimum atomic E-state index is 0.568. The Labute approximate surface area is 440 Å². The Morgan fingerprint density at radius 3 is 1.28 bits per heavy atom. The van der Waals surface area contributed by atoms with Crippen LogP contribution in [0.4, 0.5) is 34.1 Å². The fourth-order valence-corrected chi connectivity index (χ4v) is 11.8. The van der Waals surface area contributed by atoms with Crippen molar-refractivity contribution in [3.05, 3.63) is 285 Å². The SMILES string of the molecule is c1ccc(-c2cc(-c3ccc(N(c4ccccc4)c4ccccc4C4CCCCC4)cc3)c(-c3ccccc3)cc2-c2ccc(N(c3ccccc3)c3ccc4c5ccccc5n(-c5ccccc5)c4c3)cc2)cc1. The van der Waals surface area contributed by atoms with Crippen molar-refractivity contribution in [2.75, 3.05) is 9.80 Å². The van der Waals surface area contributed by atoms with Crippen LogP contribution in [-0.2, 0) is 0 Å². The Hall–Kier alpha value is -9.18. The fraction of sp³-hybridized carbons (Fsp3) is 0.0833. The quantitative estimate of drug-likeness (QED) is 0.121. The van der Waals surface area contributed by atoms with Crippen molar-refractivity contribution in [1.82, 2.24) is 4.57 Å². The molecule has 0 spiro atoms. The average Bonchev–Trinajstić information content (AvgIpc) is 3.85. The number of benzene rings is 11. The Morgan fingerprint density at radius 1 is 0.293 bits per heavy atom. The van der Waals surface area contributed by atoms with Crippen molar-refractivity contribution < 1.29 is 0 Å². The van der Waals surface area contributed by atoms with Gasteiger partial charge in [-0.15, -0.1) is 0 Å². The number of aromatic nitrogens is 1. The van der Waals surface area contributed by atoms with Crippen molar-refractivity contribution in [1.29, 1.82) is 0 Å². The van der Waals surface area contributed by atoms with Crippen molar-refractivity contribution in [2.45, 2.75) is 38.0 Å². The Balaban J connectivity index is 0.926. The first-order valence-electron chi connectivity index (χ1n) is 26.6. The Kier molecular flexibility index (Phi) is 12.4. The van der Waals surface area contributed by atoms with Crippen LogP contribution in [0.15, 0.2) is 279 Å². The lowest BCUT2D eigenvalue weighted by Gasteiger charge is -2.31. The molecular formula is C72H57N3. The Bertz CT molecular complexity index is 3880. The van der Waals surface area contributed by atoms with E-state index in [-0.39, 0.29) is 0 Å². The standard InChI is InChI=1S/C72H57N3/c1-7-23-52(24-8-1)63-35-19-21-37-70(63)74(58-31-15-5-16-32-58)61-45-41-56(42-46-61)69-51-66(53-25-9-2-10-26-53)68(50-67(69)54-27-11-3-12-28-54)55-39-43-60(44-40-55)73(57-29-13-4-14-30-57)62-47-48-65-64-36-20-22-38-71(64)75(72(65)49-62)59-33-17-6-18-34-59/h2-6,9-22,25-52H,1,7-8,23-24H2. The molecular weight excluding hydrogens is 907 g/mol. The van der Waals surface area contributed by atoms with Gasteiger partial charge in [0.1, 0.15) is 0 Å². The second kappa shape index (κ2) is 20.4. The molecule has 3 heteroatoms. The second-order valence-electron chi connectivity index (χ2n) is 19.9. The maximum absolute atomic E-state index is 2.47. The van der Waals surface area contributed by atoms with Gasteiger partial charge in [-0.3, -0.25) is 0 Å². The van der Waals surface area contributed by atoms with E-state index in [1.54, 1.807) is 0 Å². The number of fused-ring (bicyclic) bond motifs is 3. The molecule has 0 saturated heterocycles. The summed E-state index contributed by atoms with van der Waals surface area (Å²) < 4.78 is 2.39. The molecule has 75 heavy (non-hydrogen) atoms. The number of nitrogens with zero attached hydrogens (tertiary/aromatic N) is 3. The highest BCUT2D eigenvalue weighted by Gasteiger charge is 2.24. The van der Waals surface area contributed by atoms with Gasteiger partial charge in [-0.05, 0) is 166 Å². The molecule has 1 fully saturated rings. The summed E-state index contributed by atoms with van der Waals surface area (Å²) in [6.45, 7) is 0. The molecule has 0 bridgehead atoms. The highest BCUT2D eigenvalue weighted by atomic mass is 15.2. The summed E-state index contributed by atoms with van der Waals surface area (Å²) in [7, 11) is 0. The van der Waals surface area contributed by atoms with Crippen molar-refractivity contribution >= 4 is 55.9 Å². The summed E-state index contributed by atoms with van der Waals surface area (Å²) in [5.41, 5.74) is 21.3. The van der Waals surface area contributed by atoms with E-state index in [1.165, 1.54) is 110 Å². The summed E-state index contributed by atoms with van der Waals surface area (Å²) in [5, 5.41) is 2.47. The molecule has 3 nitrogen and oxygen atoms in total. The smallest absolute Gasteiger partial charge is 0.0561 e. The lowest BCUT2D eigenvalue weighted by Crippen LogP contribution is -2.15. The first kappa shape index (κ1) is 45.7. The highest BCUT2D eigenvalue weighted by Crippen LogP contribution is 2.47. The van der Waals surface area contributed by atoms with Crippen molar-refractivity contribution in [3.8, 4) is 50.2 Å². The normalized spacial score (nSPS) is 12.7. The van der Waals surface area contributed by atoms with Crippen LogP contribution in [0.2, 0.25) is 0 Å². The first-order chi connectivity index (χ1) is 37.2. The molecule has 0 amide bonds. The van der Waals surface area contributed by atoms with Crippen LogP contribution in [0.3, 0.4) is 0 Å². The van der Waals surface area contributed by atoms with Crippen molar-refractivity contribution in [2.24, 2.45) is 0 Å². The van der Waals surface area contributed by atoms with E-state index in [1.807, 2.05) is 0 Å². The molecule has 0 aliphatic heterocycles. The van der Waals surface area contributed by atoms with E-state index < -0.39 is 0 Å². The zero-order chi connectivity index (χ0) is 49.9. The minimum Gasteiger partial charge on any atom is -0.310 e. The van der Waals surface area contributed by atoms with E-state index in [0.717, 1.165) is 34.0 Å². The maximum atomic E-state index is 2.47. The third-order valence-electron chi connectivity index (χ3n) is 15.4. The zero-order valence-corrected chi connectivity index (χ0v) is 42.0. The average molecular weight is 964 g/mol. The minimum absolute atomic E-state index is 0.568. The molecule has 360 valence electrons. The van der Waals surface area contributed by atoms with Crippen LogP contribution in [0, 0.1) is 0 Å². The molecule has 0 atom stereocenters. The predicted molar refractivity (Wildman–Crippen MR) is 318 cm³/mol. The molecule has 1 aliphatic carbocycles. The molecule has 1 saturated carbocycles. The van der Waals surface area contributed by atoms with E-state index in [2.05, 4.69) is 293 Å². The van der Waals surface area contributed by atoms with Crippen LogP contribution in [0.1, 0.15) is 43.6 Å². The molecule has 0 N–H and O–H groups in total. The van der Waals surface area contributed by atoms with Crippen LogP contribution in [0.25, 0.3) is 72.0 Å². The number of rotatable bonds is 12. The Morgan fingerprint density at radius 2 is 0.707 bits per heavy atom. The van der Waals surface area contributed by atoms with Gasteiger partial charge in [-0.2, -0.15) is 0 Å². The van der Waals surface area contributed by atoms with Crippen LogP contribution in [0.5, 0.6) is 0 Å². The zero-order valence-electron chi connectivity index (χ0n) is 42.0. The van der Waals surface area contributed by atoms with Gasteiger partial charge in [-0.25, -0.2) is 0 Å². The second-order valence-corrected chi connectivity index (χ2v) is 19.9. The van der Waals surface area contributed by atoms with Crippen molar-refractivity contribution in [3.63, 3.8) is 0 Å². The monoisotopic (exact) mass is 963 g/mol. The van der Waals surface area contributed by atoms with Gasteiger partial charge in [0.15, 0.2) is 0 Å².